The normalized spacial score (nSPS) is 10.7. The first-order valence-corrected chi connectivity index (χ1v) is 6.60. The van der Waals surface area contributed by atoms with E-state index in [0.29, 0.717) is 12.1 Å². The van der Waals surface area contributed by atoms with Crippen LogP contribution in [0, 0.1) is 25.2 Å². The molecular formula is C17H15N3. The average molecular weight is 261 g/mol. The first-order chi connectivity index (χ1) is 9.67. The van der Waals surface area contributed by atoms with E-state index in [4.69, 9.17) is 0 Å². The highest BCUT2D eigenvalue weighted by atomic mass is 15.0. The topological polar surface area (TPSA) is 41.1 Å². The zero-order valence-electron chi connectivity index (χ0n) is 11.6. The first kappa shape index (κ1) is 12.4. The summed E-state index contributed by atoms with van der Waals surface area (Å²) in [6, 6.07) is 14.6. The van der Waals surface area contributed by atoms with E-state index in [0.717, 1.165) is 16.9 Å². The zero-order valence-corrected chi connectivity index (χ0v) is 11.6. The van der Waals surface area contributed by atoms with E-state index in [9.17, 15) is 5.26 Å². The molecule has 2 aromatic heterocycles. The fourth-order valence-electron chi connectivity index (χ4n) is 2.34. The zero-order chi connectivity index (χ0) is 14.1. The van der Waals surface area contributed by atoms with Gasteiger partial charge in [0, 0.05) is 12.6 Å². The molecule has 0 aliphatic carbocycles. The molecule has 2 heterocycles. The number of nitriles is 1. The standard InChI is InChI=1S/C17H15N3/c1-12-3-5-14(6-4-12)10-15-16(11-18)20-8-7-13(2)9-17(20)19-15/h3-9H,10H2,1-2H3. The Morgan fingerprint density at radius 1 is 1.10 bits per heavy atom. The molecule has 0 amide bonds. The van der Waals surface area contributed by atoms with Crippen LogP contribution in [0.25, 0.3) is 5.65 Å². The van der Waals surface area contributed by atoms with E-state index in [1.165, 1.54) is 11.1 Å². The summed E-state index contributed by atoms with van der Waals surface area (Å²) < 4.78 is 1.86. The Kier molecular flexibility index (Phi) is 3.00. The first-order valence-electron chi connectivity index (χ1n) is 6.60. The molecule has 0 bridgehead atoms. The number of aromatic nitrogens is 2. The van der Waals surface area contributed by atoms with E-state index >= 15 is 0 Å². The lowest BCUT2D eigenvalue weighted by Gasteiger charge is -2.00. The fraction of sp³-hybridized carbons (Fsp3) is 0.176. The second-order valence-corrected chi connectivity index (χ2v) is 5.11. The van der Waals surface area contributed by atoms with Crippen molar-refractivity contribution in [1.29, 1.82) is 5.26 Å². The Morgan fingerprint density at radius 3 is 2.55 bits per heavy atom. The Labute approximate surface area is 118 Å². The maximum absolute atomic E-state index is 9.39. The highest BCUT2D eigenvalue weighted by Gasteiger charge is 2.12. The number of hydrogen-bond donors (Lipinski definition) is 0. The number of benzene rings is 1. The largest absolute Gasteiger partial charge is 0.291 e. The Bertz CT molecular complexity index is 805. The molecule has 0 saturated heterocycles. The molecule has 0 saturated carbocycles. The van der Waals surface area contributed by atoms with Crippen molar-refractivity contribution in [2.24, 2.45) is 0 Å². The summed E-state index contributed by atoms with van der Waals surface area (Å²) in [5, 5.41) is 9.39. The van der Waals surface area contributed by atoms with Crippen molar-refractivity contribution in [2.45, 2.75) is 20.3 Å². The Balaban J connectivity index is 2.07. The van der Waals surface area contributed by atoms with Gasteiger partial charge in [-0.3, -0.25) is 4.40 Å². The predicted molar refractivity (Wildman–Crippen MR) is 78.6 cm³/mol. The van der Waals surface area contributed by atoms with Gasteiger partial charge in [0.1, 0.15) is 17.4 Å². The van der Waals surface area contributed by atoms with Gasteiger partial charge in [0.05, 0.1) is 5.69 Å². The van der Waals surface area contributed by atoms with Crippen LogP contribution in [-0.2, 0) is 6.42 Å². The van der Waals surface area contributed by atoms with E-state index in [-0.39, 0.29) is 0 Å². The molecule has 98 valence electrons. The van der Waals surface area contributed by atoms with Crippen molar-refractivity contribution in [3.8, 4) is 6.07 Å². The van der Waals surface area contributed by atoms with Crippen molar-refractivity contribution < 1.29 is 0 Å². The van der Waals surface area contributed by atoms with Gasteiger partial charge in [0.25, 0.3) is 0 Å². The maximum atomic E-state index is 9.39. The molecule has 0 aliphatic rings. The molecule has 0 spiro atoms. The van der Waals surface area contributed by atoms with Crippen LogP contribution in [0.3, 0.4) is 0 Å². The minimum absolute atomic E-state index is 0.626. The van der Waals surface area contributed by atoms with E-state index in [1.807, 2.05) is 29.7 Å². The number of aryl methyl sites for hydroxylation is 2. The van der Waals surface area contributed by atoms with Gasteiger partial charge in [0.15, 0.2) is 0 Å². The van der Waals surface area contributed by atoms with Crippen LogP contribution in [0.2, 0.25) is 0 Å². The van der Waals surface area contributed by atoms with Crippen LogP contribution < -0.4 is 0 Å². The second kappa shape index (κ2) is 4.82. The molecule has 0 atom stereocenters. The Hall–Kier alpha value is -2.60. The lowest BCUT2D eigenvalue weighted by Crippen LogP contribution is -1.93. The van der Waals surface area contributed by atoms with Crippen molar-refractivity contribution >= 4 is 5.65 Å². The maximum Gasteiger partial charge on any atom is 0.148 e. The van der Waals surface area contributed by atoms with Crippen molar-refractivity contribution in [3.63, 3.8) is 0 Å². The summed E-state index contributed by atoms with van der Waals surface area (Å²) in [6.45, 7) is 4.10. The highest BCUT2D eigenvalue weighted by molar-refractivity contribution is 5.50. The molecule has 3 heteroatoms. The van der Waals surface area contributed by atoms with Gasteiger partial charge in [-0.25, -0.2) is 4.98 Å². The molecule has 0 aliphatic heterocycles. The average Bonchev–Trinajstić information content (AvgIpc) is 2.77. The molecule has 3 nitrogen and oxygen atoms in total. The van der Waals surface area contributed by atoms with Crippen LogP contribution in [0.1, 0.15) is 28.1 Å². The lowest BCUT2D eigenvalue weighted by atomic mass is 10.1. The minimum atomic E-state index is 0.626. The number of nitrogens with zero attached hydrogens (tertiary/aromatic N) is 3. The summed E-state index contributed by atoms with van der Waals surface area (Å²) in [5.41, 5.74) is 5.85. The number of hydrogen-bond acceptors (Lipinski definition) is 2. The van der Waals surface area contributed by atoms with Crippen LogP contribution in [-0.4, -0.2) is 9.38 Å². The number of rotatable bonds is 2. The predicted octanol–water partition coefficient (Wildman–Crippen LogP) is 3.41. The van der Waals surface area contributed by atoms with Gasteiger partial charge in [-0.15, -0.1) is 0 Å². The third-order valence-corrected chi connectivity index (χ3v) is 3.45. The SMILES string of the molecule is Cc1ccc(Cc2nc3cc(C)ccn3c2C#N)cc1. The van der Waals surface area contributed by atoms with Crippen LogP contribution >= 0.6 is 0 Å². The summed E-state index contributed by atoms with van der Waals surface area (Å²) >= 11 is 0. The van der Waals surface area contributed by atoms with Crippen molar-refractivity contribution in [3.05, 3.63) is 70.7 Å². The molecular weight excluding hydrogens is 246 g/mol. The summed E-state index contributed by atoms with van der Waals surface area (Å²) in [7, 11) is 0. The van der Waals surface area contributed by atoms with E-state index in [2.05, 4.69) is 42.2 Å². The monoisotopic (exact) mass is 261 g/mol. The van der Waals surface area contributed by atoms with Gasteiger partial charge < -0.3 is 0 Å². The van der Waals surface area contributed by atoms with E-state index < -0.39 is 0 Å². The molecule has 20 heavy (non-hydrogen) atoms. The van der Waals surface area contributed by atoms with Crippen LogP contribution in [0.5, 0.6) is 0 Å². The van der Waals surface area contributed by atoms with Gasteiger partial charge in [-0.1, -0.05) is 29.8 Å². The van der Waals surface area contributed by atoms with Gasteiger partial charge >= 0.3 is 0 Å². The molecule has 0 unspecified atom stereocenters. The third kappa shape index (κ3) is 2.17. The minimum Gasteiger partial charge on any atom is -0.291 e. The highest BCUT2D eigenvalue weighted by Crippen LogP contribution is 2.17. The van der Waals surface area contributed by atoms with E-state index in [1.54, 1.807) is 0 Å². The summed E-state index contributed by atoms with van der Waals surface area (Å²) in [5.74, 6) is 0. The lowest BCUT2D eigenvalue weighted by molar-refractivity contribution is 1.08. The third-order valence-electron chi connectivity index (χ3n) is 3.45. The quantitative estimate of drug-likeness (QED) is 0.709. The molecule has 0 radical (unpaired) electrons. The van der Waals surface area contributed by atoms with Gasteiger partial charge in [-0.2, -0.15) is 5.26 Å². The number of fused-ring (bicyclic) bond motifs is 1. The van der Waals surface area contributed by atoms with Crippen LogP contribution in [0.15, 0.2) is 42.6 Å². The molecule has 0 N–H and O–H groups in total. The van der Waals surface area contributed by atoms with Gasteiger partial charge in [0.2, 0.25) is 0 Å². The molecule has 3 aromatic rings. The summed E-state index contributed by atoms with van der Waals surface area (Å²) in [6.07, 6.45) is 2.60. The Morgan fingerprint density at radius 2 is 1.85 bits per heavy atom. The fourth-order valence-corrected chi connectivity index (χ4v) is 2.34. The molecule has 1 aromatic carbocycles. The molecule has 3 rings (SSSR count). The summed E-state index contributed by atoms with van der Waals surface area (Å²) in [4.78, 5) is 4.60. The molecule has 0 fully saturated rings. The number of pyridine rings is 1. The smallest absolute Gasteiger partial charge is 0.148 e. The van der Waals surface area contributed by atoms with Crippen LogP contribution in [0.4, 0.5) is 0 Å². The van der Waals surface area contributed by atoms with Gasteiger partial charge in [-0.05, 0) is 37.1 Å². The number of imidazole rings is 1. The second-order valence-electron chi connectivity index (χ2n) is 5.11. The van der Waals surface area contributed by atoms with Crippen molar-refractivity contribution in [1.82, 2.24) is 9.38 Å². The van der Waals surface area contributed by atoms with Crippen molar-refractivity contribution in [2.75, 3.05) is 0 Å².